The Morgan fingerprint density at radius 3 is 1.09 bits per heavy atom. The van der Waals surface area contributed by atoms with Gasteiger partial charge in [0.2, 0.25) is 0 Å². The van der Waals surface area contributed by atoms with Crippen LogP contribution in [0, 0.1) is 0 Å². The van der Waals surface area contributed by atoms with Crippen molar-refractivity contribution in [2.45, 2.75) is 5.41 Å². The molecule has 0 bridgehead atoms. The Hall–Kier alpha value is -11.0. The average molecular weight is 1090 g/mol. The van der Waals surface area contributed by atoms with Crippen molar-refractivity contribution in [2.24, 2.45) is 0 Å². The van der Waals surface area contributed by atoms with E-state index in [9.17, 15) is 0 Å². The smallest absolute Gasteiger partial charge is 0.252 e. The van der Waals surface area contributed by atoms with Crippen molar-refractivity contribution in [1.82, 2.24) is 0 Å². The van der Waals surface area contributed by atoms with E-state index in [4.69, 9.17) is 0 Å². The Bertz CT molecular complexity index is 5060. The summed E-state index contributed by atoms with van der Waals surface area (Å²) >= 11 is 0. The summed E-state index contributed by atoms with van der Waals surface area (Å²) in [6, 6.07) is 117. The molecule has 0 saturated heterocycles. The highest BCUT2D eigenvalue weighted by Crippen LogP contribution is 2.63. The zero-order chi connectivity index (χ0) is 56.2. The van der Waals surface area contributed by atoms with Gasteiger partial charge in [-0.3, -0.25) is 0 Å². The number of rotatable bonds is 5. The number of hydrogen-bond acceptors (Lipinski definition) is 2. The van der Waals surface area contributed by atoms with Crippen molar-refractivity contribution in [3.63, 3.8) is 0 Å². The molecule has 0 saturated carbocycles. The molecule has 86 heavy (non-hydrogen) atoms. The average Bonchev–Trinajstić information content (AvgIpc) is 1.33. The number of benzene rings is 15. The summed E-state index contributed by atoms with van der Waals surface area (Å²) in [5.41, 5.74) is 28.0. The van der Waals surface area contributed by atoms with Gasteiger partial charge < -0.3 is 9.80 Å². The predicted molar refractivity (Wildman–Crippen MR) is 363 cm³/mol. The molecule has 2 nitrogen and oxygen atoms in total. The molecule has 19 rings (SSSR count). The van der Waals surface area contributed by atoms with Gasteiger partial charge in [0.15, 0.2) is 0 Å². The second kappa shape index (κ2) is 18.0. The molecule has 15 aromatic rings. The molecule has 0 fully saturated rings. The molecule has 2 aliphatic carbocycles. The van der Waals surface area contributed by atoms with Crippen LogP contribution in [0.5, 0.6) is 0 Å². The van der Waals surface area contributed by atoms with Crippen molar-refractivity contribution < 1.29 is 0 Å². The van der Waals surface area contributed by atoms with Gasteiger partial charge in [-0.05, 0) is 192 Å². The SMILES string of the molecule is c1ccc(-c2ccc(N3c4cc5ccc6ccccc6c5cc4B4c5cc6c(ccc7ccccc76)cc5N(c5ccc(-c6ccccc6)cc5)c5cc(-c6ccc7c(c6)C6(c8ccccc8-c8ccccc86)c6ccccc6-7)cc3c54)cc2)cc1. The van der Waals surface area contributed by atoms with E-state index in [2.05, 4.69) is 319 Å². The summed E-state index contributed by atoms with van der Waals surface area (Å²) in [5.74, 6) is 0. The van der Waals surface area contributed by atoms with Crippen molar-refractivity contribution in [3.05, 3.63) is 332 Å². The third-order valence-corrected chi connectivity index (χ3v) is 19.6. The van der Waals surface area contributed by atoms with Crippen LogP contribution in [0.2, 0.25) is 0 Å². The van der Waals surface area contributed by atoms with Gasteiger partial charge in [0, 0.05) is 34.1 Å². The first-order valence-corrected chi connectivity index (χ1v) is 30.1. The van der Waals surface area contributed by atoms with E-state index in [0.29, 0.717) is 0 Å². The number of anilines is 6. The molecule has 3 heteroatoms. The zero-order valence-corrected chi connectivity index (χ0v) is 46.9. The van der Waals surface area contributed by atoms with Gasteiger partial charge in [0.05, 0.1) is 5.41 Å². The van der Waals surface area contributed by atoms with Crippen LogP contribution < -0.4 is 26.2 Å². The Labute approximate surface area is 499 Å². The van der Waals surface area contributed by atoms with Gasteiger partial charge in [-0.2, -0.15) is 0 Å². The summed E-state index contributed by atoms with van der Waals surface area (Å²) in [5, 5.41) is 9.96. The molecule has 0 aromatic heterocycles. The summed E-state index contributed by atoms with van der Waals surface area (Å²) in [6.07, 6.45) is 0. The highest BCUT2D eigenvalue weighted by Gasteiger charge is 2.52. The Kier molecular flexibility index (Phi) is 9.94. The maximum absolute atomic E-state index is 2.60. The molecule has 4 aliphatic rings. The largest absolute Gasteiger partial charge is 0.311 e. The van der Waals surface area contributed by atoms with Gasteiger partial charge in [-0.1, -0.05) is 255 Å². The highest BCUT2D eigenvalue weighted by atomic mass is 15.2. The lowest BCUT2D eigenvalue weighted by atomic mass is 9.33. The first-order chi connectivity index (χ1) is 42.6. The minimum absolute atomic E-state index is 0.130. The topological polar surface area (TPSA) is 6.48 Å². The molecule has 1 spiro atoms. The Balaban J connectivity index is 0.930. The van der Waals surface area contributed by atoms with E-state index in [1.807, 2.05) is 0 Å². The molecular weight excluding hydrogens is 1040 g/mol. The van der Waals surface area contributed by atoms with Crippen molar-refractivity contribution >= 4 is 100 Å². The second-order valence-electron chi connectivity index (χ2n) is 23.8. The summed E-state index contributed by atoms with van der Waals surface area (Å²) in [6.45, 7) is -0.130. The first-order valence-electron chi connectivity index (χ1n) is 30.1. The van der Waals surface area contributed by atoms with Crippen LogP contribution in [-0.4, -0.2) is 6.71 Å². The Morgan fingerprint density at radius 1 is 0.233 bits per heavy atom. The zero-order valence-electron chi connectivity index (χ0n) is 46.9. The molecule has 2 heterocycles. The molecule has 396 valence electrons. The van der Waals surface area contributed by atoms with E-state index >= 15 is 0 Å². The van der Waals surface area contributed by atoms with Crippen LogP contribution in [-0.2, 0) is 5.41 Å². The van der Waals surface area contributed by atoms with E-state index in [0.717, 1.165) is 16.9 Å². The monoisotopic (exact) mass is 1090 g/mol. The second-order valence-corrected chi connectivity index (χ2v) is 23.8. The summed E-state index contributed by atoms with van der Waals surface area (Å²) < 4.78 is 0. The van der Waals surface area contributed by atoms with Crippen LogP contribution in [0.25, 0.3) is 98.7 Å². The third-order valence-electron chi connectivity index (χ3n) is 19.6. The highest BCUT2D eigenvalue weighted by molar-refractivity contribution is 7.00. The van der Waals surface area contributed by atoms with Gasteiger partial charge in [-0.15, -0.1) is 0 Å². The van der Waals surface area contributed by atoms with Gasteiger partial charge in [0.25, 0.3) is 6.71 Å². The lowest BCUT2D eigenvalue weighted by molar-refractivity contribution is 0.794. The van der Waals surface area contributed by atoms with Gasteiger partial charge in [0.1, 0.15) is 0 Å². The van der Waals surface area contributed by atoms with Crippen molar-refractivity contribution in [1.29, 1.82) is 0 Å². The van der Waals surface area contributed by atoms with Crippen molar-refractivity contribution in [2.75, 3.05) is 9.80 Å². The van der Waals surface area contributed by atoms with E-state index in [1.54, 1.807) is 0 Å². The molecule has 0 N–H and O–H groups in total. The molecule has 15 aromatic carbocycles. The normalized spacial score (nSPS) is 13.6. The maximum atomic E-state index is 2.60. The fourth-order valence-corrected chi connectivity index (χ4v) is 15.9. The Morgan fingerprint density at radius 2 is 0.616 bits per heavy atom. The number of hydrogen-bond donors (Lipinski definition) is 0. The first kappa shape index (κ1) is 47.5. The fraction of sp³-hybridized carbons (Fsp3) is 0.0120. The van der Waals surface area contributed by atoms with E-state index in [1.165, 1.54) is 155 Å². The van der Waals surface area contributed by atoms with E-state index < -0.39 is 5.41 Å². The van der Waals surface area contributed by atoms with Gasteiger partial charge in [-0.25, -0.2) is 0 Å². The molecule has 0 unspecified atom stereocenters. The van der Waals surface area contributed by atoms with E-state index in [-0.39, 0.29) is 6.71 Å². The number of nitrogens with zero attached hydrogens (tertiary/aromatic N) is 2. The number of fused-ring (bicyclic) bond motifs is 20. The fourth-order valence-electron chi connectivity index (χ4n) is 15.9. The van der Waals surface area contributed by atoms with Crippen molar-refractivity contribution in [3.8, 4) is 55.6 Å². The summed E-state index contributed by atoms with van der Waals surface area (Å²) in [4.78, 5) is 5.20. The lowest BCUT2D eigenvalue weighted by Gasteiger charge is -2.45. The van der Waals surface area contributed by atoms with Crippen LogP contribution in [0.1, 0.15) is 22.3 Å². The molecule has 2 aliphatic heterocycles. The lowest BCUT2D eigenvalue weighted by Crippen LogP contribution is -2.61. The standard InChI is InChI=1S/C83H51BN2/c1-3-17-52(18-4-1)54-35-40-62(41-36-54)85-78-46-59-33-31-56-21-7-9-23-64(56)70(59)50-76(78)84-77-51-71-60(34-32-57-22-8-10-24-65(57)71)47-79(77)86(63-42-37-55(38-43-63)53-19-5-2-6-20-53)81-49-61(48-80(85)82(81)84)58-39-44-69-68-27-13-16-30-74(68)83(75(69)45-58)72-28-14-11-25-66(72)67-26-12-15-29-73(67)83/h1-51H. The predicted octanol–water partition coefficient (Wildman–Crippen LogP) is 19.7. The van der Waals surface area contributed by atoms with Crippen LogP contribution >= 0.6 is 0 Å². The van der Waals surface area contributed by atoms with Crippen LogP contribution in [0.15, 0.2) is 309 Å². The van der Waals surface area contributed by atoms with Crippen LogP contribution in [0.4, 0.5) is 34.1 Å². The maximum Gasteiger partial charge on any atom is 0.252 e. The third kappa shape index (κ3) is 6.63. The molecular formula is C83H51BN2. The minimum atomic E-state index is -0.490. The quantitative estimate of drug-likeness (QED) is 0.125. The minimum Gasteiger partial charge on any atom is -0.311 e. The molecule has 0 atom stereocenters. The van der Waals surface area contributed by atoms with Crippen LogP contribution in [0.3, 0.4) is 0 Å². The molecule has 0 radical (unpaired) electrons. The van der Waals surface area contributed by atoms with Gasteiger partial charge >= 0.3 is 0 Å². The molecule has 0 amide bonds. The summed E-state index contributed by atoms with van der Waals surface area (Å²) in [7, 11) is 0.